The summed E-state index contributed by atoms with van der Waals surface area (Å²) in [4.78, 5) is 38.9. The molecule has 5 rings (SSSR count). The Balaban J connectivity index is 1.67. The van der Waals surface area contributed by atoms with Crippen molar-refractivity contribution in [3.05, 3.63) is 99.5 Å². The van der Waals surface area contributed by atoms with Crippen molar-refractivity contribution in [1.82, 2.24) is 19.9 Å². The van der Waals surface area contributed by atoms with Gasteiger partial charge in [-0.3, -0.25) is 9.59 Å². The van der Waals surface area contributed by atoms with E-state index in [-0.39, 0.29) is 52.8 Å². The van der Waals surface area contributed by atoms with E-state index in [1.165, 1.54) is 24.3 Å². The first kappa shape index (κ1) is 29.0. The van der Waals surface area contributed by atoms with Gasteiger partial charge in [-0.15, -0.1) is 0 Å². The Morgan fingerprint density at radius 2 is 1.74 bits per heavy atom. The number of pyridine rings is 1. The monoisotopic (exact) mass is 587 g/mol. The molecular formula is C31H33N5O5S. The van der Waals surface area contributed by atoms with Gasteiger partial charge in [-0.05, 0) is 61.1 Å². The maximum absolute atomic E-state index is 14.0. The second-order valence-corrected chi connectivity index (χ2v) is 12.6. The van der Waals surface area contributed by atoms with Crippen LogP contribution in [0.4, 0.5) is 5.95 Å². The zero-order valence-corrected chi connectivity index (χ0v) is 24.7. The molecule has 0 unspecified atom stereocenters. The van der Waals surface area contributed by atoms with E-state index >= 15 is 0 Å². The van der Waals surface area contributed by atoms with Crippen LogP contribution in [0.2, 0.25) is 0 Å². The van der Waals surface area contributed by atoms with E-state index in [0.29, 0.717) is 17.7 Å². The van der Waals surface area contributed by atoms with Crippen molar-refractivity contribution >= 4 is 21.9 Å². The summed E-state index contributed by atoms with van der Waals surface area (Å²) in [5, 5.41) is 0. The number of rotatable bonds is 5. The molecule has 11 heteroatoms. The summed E-state index contributed by atoms with van der Waals surface area (Å²) in [6.45, 7) is 8.31. The van der Waals surface area contributed by atoms with Gasteiger partial charge in [-0.1, -0.05) is 44.2 Å². The van der Waals surface area contributed by atoms with Gasteiger partial charge in [0.1, 0.15) is 6.61 Å². The number of aromatic nitrogens is 3. The zero-order valence-electron chi connectivity index (χ0n) is 23.9. The Morgan fingerprint density at radius 3 is 2.43 bits per heavy atom. The van der Waals surface area contributed by atoms with E-state index in [2.05, 4.69) is 33.5 Å². The van der Waals surface area contributed by atoms with Crippen LogP contribution in [0.3, 0.4) is 0 Å². The Labute approximate surface area is 244 Å². The number of amides is 1. The number of H-pyrrole nitrogens is 1. The van der Waals surface area contributed by atoms with Gasteiger partial charge < -0.3 is 14.6 Å². The highest BCUT2D eigenvalue weighted by Crippen LogP contribution is 2.30. The number of sulfonamides is 1. The number of carbonyl (C=O) groups excluding carboxylic acids is 1. The highest BCUT2D eigenvalue weighted by Gasteiger charge is 2.29. The van der Waals surface area contributed by atoms with Gasteiger partial charge in [-0.2, -0.15) is 4.98 Å². The fourth-order valence-corrected chi connectivity index (χ4v) is 6.14. The summed E-state index contributed by atoms with van der Waals surface area (Å²) < 4.78 is 35.7. The van der Waals surface area contributed by atoms with Crippen LogP contribution in [0.5, 0.6) is 5.88 Å². The maximum Gasteiger partial charge on any atom is 0.264 e. The van der Waals surface area contributed by atoms with Crippen LogP contribution in [0, 0.1) is 19.8 Å². The molecule has 2 N–H and O–H groups in total. The van der Waals surface area contributed by atoms with Crippen LogP contribution in [0.25, 0.3) is 11.3 Å². The molecule has 42 heavy (non-hydrogen) atoms. The Bertz CT molecular complexity index is 1760. The molecule has 0 fully saturated rings. The molecule has 1 atom stereocenters. The lowest BCUT2D eigenvalue weighted by Crippen LogP contribution is -2.44. The SMILES string of the molecule is Cc1cccc(C)c1-c1cc2nc(n1)NS(=O)(=O)c1cccc(c1)C(=O)N(Cc1ccc(=O)[nH]c1)[C@H](CC(C)C)CO2. The molecule has 2 aromatic carbocycles. The summed E-state index contributed by atoms with van der Waals surface area (Å²) in [5.74, 6) is -0.108. The molecule has 4 bridgehead atoms. The van der Waals surface area contributed by atoms with Gasteiger partial charge in [0.15, 0.2) is 0 Å². The highest BCUT2D eigenvalue weighted by atomic mass is 32.2. The highest BCUT2D eigenvalue weighted by molar-refractivity contribution is 7.92. The van der Waals surface area contributed by atoms with Crippen LogP contribution in [-0.4, -0.2) is 46.8 Å². The first-order valence-corrected chi connectivity index (χ1v) is 15.2. The predicted molar refractivity (Wildman–Crippen MR) is 160 cm³/mol. The van der Waals surface area contributed by atoms with Gasteiger partial charge in [-0.25, -0.2) is 18.1 Å². The minimum Gasteiger partial charge on any atom is -0.475 e. The molecule has 0 saturated heterocycles. The van der Waals surface area contributed by atoms with Crippen molar-refractivity contribution in [2.24, 2.45) is 5.92 Å². The van der Waals surface area contributed by atoms with Gasteiger partial charge in [0, 0.05) is 36.0 Å². The molecule has 3 heterocycles. The molecule has 1 aliphatic heterocycles. The van der Waals surface area contributed by atoms with E-state index in [0.717, 1.165) is 16.7 Å². The van der Waals surface area contributed by atoms with Crippen molar-refractivity contribution in [3.63, 3.8) is 0 Å². The third-order valence-electron chi connectivity index (χ3n) is 7.13. The second-order valence-electron chi connectivity index (χ2n) is 10.9. The Morgan fingerprint density at radius 1 is 1.00 bits per heavy atom. The molecule has 0 aliphatic carbocycles. The Kier molecular flexibility index (Phi) is 8.13. The lowest BCUT2D eigenvalue weighted by atomic mass is 10.00. The number of benzene rings is 2. The number of ether oxygens (including phenoxy) is 1. The number of carbonyl (C=O) groups is 1. The van der Waals surface area contributed by atoms with Gasteiger partial charge in [0.25, 0.3) is 15.9 Å². The second kappa shape index (κ2) is 11.8. The number of fused-ring (bicyclic) bond motifs is 4. The fourth-order valence-electron chi connectivity index (χ4n) is 5.15. The molecule has 2 aromatic heterocycles. The minimum absolute atomic E-state index is 0.0967. The van der Waals surface area contributed by atoms with Crippen LogP contribution in [0.15, 0.2) is 76.6 Å². The number of anilines is 1. The van der Waals surface area contributed by atoms with Crippen LogP contribution < -0.4 is 15.0 Å². The van der Waals surface area contributed by atoms with E-state index in [1.807, 2.05) is 32.0 Å². The molecular weight excluding hydrogens is 554 g/mol. The fraction of sp³-hybridized carbons (Fsp3) is 0.290. The predicted octanol–water partition coefficient (Wildman–Crippen LogP) is 4.70. The van der Waals surface area contributed by atoms with Crippen molar-refractivity contribution in [1.29, 1.82) is 0 Å². The number of aryl methyl sites for hydroxylation is 2. The third-order valence-corrected chi connectivity index (χ3v) is 8.45. The number of hydrogen-bond donors (Lipinski definition) is 2. The summed E-state index contributed by atoms with van der Waals surface area (Å²) >= 11 is 0. The first-order chi connectivity index (χ1) is 20.0. The molecule has 4 aromatic rings. The smallest absolute Gasteiger partial charge is 0.264 e. The summed E-state index contributed by atoms with van der Waals surface area (Å²) in [5.41, 5.74) is 3.97. The minimum atomic E-state index is -4.16. The van der Waals surface area contributed by atoms with Crippen molar-refractivity contribution in [3.8, 4) is 17.1 Å². The molecule has 0 radical (unpaired) electrons. The van der Waals surface area contributed by atoms with Gasteiger partial charge in [0.2, 0.25) is 17.4 Å². The number of nitrogens with one attached hydrogen (secondary N) is 2. The quantitative estimate of drug-likeness (QED) is 0.346. The maximum atomic E-state index is 14.0. The van der Waals surface area contributed by atoms with Crippen molar-refractivity contribution < 1.29 is 17.9 Å². The van der Waals surface area contributed by atoms with Gasteiger partial charge in [0.05, 0.1) is 16.6 Å². The molecule has 1 aliphatic rings. The lowest BCUT2D eigenvalue weighted by Gasteiger charge is -2.33. The lowest BCUT2D eigenvalue weighted by molar-refractivity contribution is 0.0553. The topological polar surface area (TPSA) is 134 Å². The number of hydrogen-bond acceptors (Lipinski definition) is 7. The van der Waals surface area contributed by atoms with E-state index in [9.17, 15) is 18.0 Å². The summed E-state index contributed by atoms with van der Waals surface area (Å²) in [6, 6.07) is 16.1. The van der Waals surface area contributed by atoms with Crippen LogP contribution in [-0.2, 0) is 16.6 Å². The van der Waals surface area contributed by atoms with Crippen LogP contribution >= 0.6 is 0 Å². The van der Waals surface area contributed by atoms with E-state index < -0.39 is 16.1 Å². The molecule has 10 nitrogen and oxygen atoms in total. The van der Waals surface area contributed by atoms with Crippen molar-refractivity contribution in [2.75, 3.05) is 11.3 Å². The summed E-state index contributed by atoms with van der Waals surface area (Å²) in [6.07, 6.45) is 2.18. The zero-order chi connectivity index (χ0) is 30.0. The average molecular weight is 588 g/mol. The van der Waals surface area contributed by atoms with E-state index in [1.54, 1.807) is 29.3 Å². The Hall–Kier alpha value is -4.51. The average Bonchev–Trinajstić information content (AvgIpc) is 2.94. The normalized spacial score (nSPS) is 16.5. The van der Waals surface area contributed by atoms with E-state index in [4.69, 9.17) is 4.74 Å². The number of nitrogens with zero attached hydrogens (tertiary/aromatic N) is 3. The third kappa shape index (κ3) is 6.36. The molecule has 0 saturated carbocycles. The standard InChI is InChI=1S/C31H33N5O5S/c1-19(2)13-24-18-41-28-15-26(29-20(3)7-5-8-21(29)4)33-31(34-28)35-42(39,40)25-10-6-9-23(14-25)30(38)36(24)17-22-11-12-27(37)32-16-22/h5-12,14-16,19,24H,13,17-18H2,1-4H3,(H,32,37)(H,33,34,35)/t24-/m1/s1. The molecule has 218 valence electrons. The number of aromatic amines is 1. The van der Waals surface area contributed by atoms with Crippen LogP contribution in [0.1, 0.15) is 47.3 Å². The van der Waals surface area contributed by atoms with Crippen molar-refractivity contribution in [2.45, 2.75) is 51.6 Å². The molecule has 1 amide bonds. The summed E-state index contributed by atoms with van der Waals surface area (Å²) in [7, 11) is -4.16. The largest absolute Gasteiger partial charge is 0.475 e. The van der Waals surface area contributed by atoms with Gasteiger partial charge >= 0.3 is 0 Å². The molecule has 0 spiro atoms. The first-order valence-electron chi connectivity index (χ1n) is 13.7.